The Morgan fingerprint density at radius 2 is 2.00 bits per heavy atom. The monoisotopic (exact) mass is 183 g/mol. The van der Waals surface area contributed by atoms with E-state index in [9.17, 15) is 0 Å². The van der Waals surface area contributed by atoms with E-state index in [0.717, 1.165) is 13.0 Å². The molecular weight excluding hydrogens is 162 g/mol. The normalized spacial score (nSPS) is 37.4. The zero-order chi connectivity index (χ0) is 9.31. The van der Waals surface area contributed by atoms with Crippen LogP contribution < -0.4 is 5.73 Å². The van der Waals surface area contributed by atoms with Crippen LogP contribution in [0.2, 0.25) is 0 Å². The van der Waals surface area contributed by atoms with E-state index in [1.54, 1.807) is 0 Å². The predicted molar refractivity (Wildman–Crippen MR) is 53.5 cm³/mol. The van der Waals surface area contributed by atoms with E-state index in [2.05, 4.69) is 6.92 Å². The summed E-state index contributed by atoms with van der Waals surface area (Å²) in [7, 11) is 0. The van der Waals surface area contributed by atoms with Gasteiger partial charge in [-0.15, -0.1) is 0 Å². The van der Waals surface area contributed by atoms with Crippen molar-refractivity contribution in [2.45, 2.75) is 57.6 Å². The van der Waals surface area contributed by atoms with Crippen LogP contribution in [0.4, 0.5) is 0 Å². The van der Waals surface area contributed by atoms with Gasteiger partial charge in [-0.2, -0.15) is 0 Å². The van der Waals surface area contributed by atoms with E-state index in [4.69, 9.17) is 10.5 Å². The van der Waals surface area contributed by atoms with Crippen LogP contribution >= 0.6 is 0 Å². The highest BCUT2D eigenvalue weighted by molar-refractivity contribution is 5.07. The summed E-state index contributed by atoms with van der Waals surface area (Å²) < 4.78 is 5.76. The van der Waals surface area contributed by atoms with Gasteiger partial charge in [-0.25, -0.2) is 0 Å². The minimum atomic E-state index is 0.383. The van der Waals surface area contributed by atoms with Gasteiger partial charge in [0.1, 0.15) is 0 Å². The molecule has 2 aliphatic rings. The van der Waals surface area contributed by atoms with Gasteiger partial charge in [0.15, 0.2) is 0 Å². The molecule has 2 heteroatoms. The summed E-state index contributed by atoms with van der Waals surface area (Å²) in [6.07, 6.45) is 8.29. The summed E-state index contributed by atoms with van der Waals surface area (Å²) in [5.74, 6) is 0. The van der Waals surface area contributed by atoms with Gasteiger partial charge >= 0.3 is 0 Å². The fourth-order valence-electron chi connectivity index (χ4n) is 3.12. The molecule has 2 nitrogen and oxygen atoms in total. The van der Waals surface area contributed by atoms with Gasteiger partial charge in [-0.05, 0) is 26.2 Å². The van der Waals surface area contributed by atoms with Crippen LogP contribution in [0.15, 0.2) is 0 Å². The molecule has 2 saturated carbocycles. The standard InChI is InChI=1S/C11H21NO/c1-2-13-10-8-9(12)11(10)6-4-3-5-7-11/h9-10H,2-8,12H2,1H3. The molecule has 0 saturated heterocycles. The number of rotatable bonds is 2. The maximum absolute atomic E-state index is 6.13. The van der Waals surface area contributed by atoms with Crippen molar-refractivity contribution in [2.24, 2.45) is 11.1 Å². The van der Waals surface area contributed by atoms with Crippen LogP contribution in [-0.2, 0) is 4.74 Å². The number of ether oxygens (including phenoxy) is 1. The third kappa shape index (κ3) is 1.40. The van der Waals surface area contributed by atoms with E-state index < -0.39 is 0 Å². The molecule has 0 aromatic rings. The van der Waals surface area contributed by atoms with Crippen LogP contribution in [0.3, 0.4) is 0 Å². The van der Waals surface area contributed by atoms with Gasteiger partial charge in [-0.1, -0.05) is 19.3 Å². The number of hydrogen-bond acceptors (Lipinski definition) is 2. The van der Waals surface area contributed by atoms with Crippen LogP contribution in [0.5, 0.6) is 0 Å². The summed E-state index contributed by atoms with van der Waals surface area (Å²) in [6, 6.07) is 0.421. The first kappa shape index (κ1) is 9.47. The van der Waals surface area contributed by atoms with Gasteiger partial charge < -0.3 is 10.5 Å². The smallest absolute Gasteiger partial charge is 0.0660 e. The quantitative estimate of drug-likeness (QED) is 0.711. The van der Waals surface area contributed by atoms with Crippen molar-refractivity contribution in [3.63, 3.8) is 0 Å². The summed E-state index contributed by atoms with van der Waals surface area (Å²) in [6.45, 7) is 2.93. The van der Waals surface area contributed by atoms with E-state index >= 15 is 0 Å². The third-order valence-electron chi connectivity index (χ3n) is 4.00. The molecule has 2 fully saturated rings. The Morgan fingerprint density at radius 1 is 1.31 bits per heavy atom. The van der Waals surface area contributed by atoms with Crippen molar-refractivity contribution in [1.29, 1.82) is 0 Å². The SMILES string of the molecule is CCOC1CC(N)C12CCCCC2. The highest BCUT2D eigenvalue weighted by Crippen LogP contribution is 2.52. The Kier molecular flexibility index (Phi) is 2.61. The predicted octanol–water partition coefficient (Wildman–Crippen LogP) is 2.07. The van der Waals surface area contributed by atoms with Crippen molar-refractivity contribution in [3.05, 3.63) is 0 Å². The maximum atomic E-state index is 6.13. The molecule has 1 spiro atoms. The first-order chi connectivity index (χ1) is 6.29. The molecule has 76 valence electrons. The van der Waals surface area contributed by atoms with E-state index in [1.165, 1.54) is 32.1 Å². The van der Waals surface area contributed by atoms with Gasteiger partial charge in [0, 0.05) is 18.1 Å². The lowest BCUT2D eigenvalue weighted by atomic mass is 9.55. The molecule has 0 aromatic carbocycles. The van der Waals surface area contributed by atoms with Crippen LogP contribution in [-0.4, -0.2) is 18.8 Å². The van der Waals surface area contributed by atoms with Crippen LogP contribution in [0, 0.1) is 5.41 Å². The molecule has 0 radical (unpaired) electrons. The Labute approximate surface area is 80.8 Å². The second-order valence-electron chi connectivity index (χ2n) is 4.58. The fourth-order valence-corrected chi connectivity index (χ4v) is 3.12. The number of nitrogens with two attached hydrogens (primary N) is 1. The van der Waals surface area contributed by atoms with E-state index in [1.807, 2.05) is 0 Å². The summed E-state index contributed by atoms with van der Waals surface area (Å²) in [5.41, 5.74) is 6.51. The minimum absolute atomic E-state index is 0.383. The van der Waals surface area contributed by atoms with E-state index in [0.29, 0.717) is 17.6 Å². The average Bonchev–Trinajstić information content (AvgIpc) is 2.19. The Morgan fingerprint density at radius 3 is 2.54 bits per heavy atom. The topological polar surface area (TPSA) is 35.2 Å². The Bertz CT molecular complexity index is 173. The summed E-state index contributed by atoms with van der Waals surface area (Å²) >= 11 is 0. The van der Waals surface area contributed by atoms with E-state index in [-0.39, 0.29) is 0 Å². The Balaban J connectivity index is 1.99. The fraction of sp³-hybridized carbons (Fsp3) is 1.00. The molecule has 2 N–H and O–H groups in total. The molecule has 2 rings (SSSR count). The highest BCUT2D eigenvalue weighted by atomic mass is 16.5. The van der Waals surface area contributed by atoms with Gasteiger partial charge in [0.25, 0.3) is 0 Å². The number of hydrogen-bond donors (Lipinski definition) is 1. The van der Waals surface area contributed by atoms with Crippen molar-refractivity contribution >= 4 is 0 Å². The van der Waals surface area contributed by atoms with Crippen molar-refractivity contribution in [2.75, 3.05) is 6.61 Å². The molecule has 0 amide bonds. The molecule has 0 bridgehead atoms. The Hall–Kier alpha value is -0.0800. The molecule has 13 heavy (non-hydrogen) atoms. The lowest BCUT2D eigenvalue weighted by molar-refractivity contribution is -0.140. The molecule has 2 aliphatic carbocycles. The molecule has 0 aliphatic heterocycles. The van der Waals surface area contributed by atoms with Gasteiger partial charge in [0.05, 0.1) is 6.10 Å². The van der Waals surface area contributed by atoms with Crippen molar-refractivity contribution in [1.82, 2.24) is 0 Å². The average molecular weight is 183 g/mol. The maximum Gasteiger partial charge on any atom is 0.0660 e. The molecule has 2 atom stereocenters. The lowest BCUT2D eigenvalue weighted by Gasteiger charge is -2.56. The summed E-state index contributed by atoms with van der Waals surface area (Å²) in [5, 5.41) is 0. The van der Waals surface area contributed by atoms with Crippen LogP contribution in [0.25, 0.3) is 0 Å². The molecular formula is C11H21NO. The lowest BCUT2D eigenvalue weighted by Crippen LogP contribution is -2.62. The first-order valence-corrected chi connectivity index (χ1v) is 5.67. The largest absolute Gasteiger partial charge is 0.378 e. The van der Waals surface area contributed by atoms with Crippen molar-refractivity contribution in [3.8, 4) is 0 Å². The molecule has 0 aromatic heterocycles. The minimum Gasteiger partial charge on any atom is -0.378 e. The van der Waals surface area contributed by atoms with Gasteiger partial charge in [-0.3, -0.25) is 0 Å². The molecule has 0 heterocycles. The van der Waals surface area contributed by atoms with Crippen molar-refractivity contribution < 1.29 is 4.74 Å². The second kappa shape index (κ2) is 3.58. The highest BCUT2D eigenvalue weighted by Gasteiger charge is 2.53. The summed E-state index contributed by atoms with van der Waals surface area (Å²) in [4.78, 5) is 0. The second-order valence-corrected chi connectivity index (χ2v) is 4.58. The van der Waals surface area contributed by atoms with Gasteiger partial charge in [0.2, 0.25) is 0 Å². The first-order valence-electron chi connectivity index (χ1n) is 5.67. The zero-order valence-corrected chi connectivity index (χ0v) is 8.59. The molecule has 2 unspecified atom stereocenters. The zero-order valence-electron chi connectivity index (χ0n) is 8.59. The van der Waals surface area contributed by atoms with Crippen LogP contribution in [0.1, 0.15) is 45.4 Å². The third-order valence-corrected chi connectivity index (χ3v) is 4.00.